The summed E-state index contributed by atoms with van der Waals surface area (Å²) in [5.41, 5.74) is -1.22. The number of amides is 2. The number of alkyl halides is 8. The minimum atomic E-state index is -7.04. The molecule has 0 spiro atoms. The van der Waals surface area contributed by atoms with E-state index in [0.717, 1.165) is 36.4 Å². The van der Waals surface area contributed by atoms with E-state index in [1.807, 2.05) is 0 Å². The first-order valence-corrected chi connectivity index (χ1v) is 10.6. The maximum Gasteiger partial charge on any atom is 0.393 e. The molecule has 2 amide bonds. The number of fused-ring (bicyclic) bond motifs is 2. The molecule has 0 atom stereocenters. The molecular formula is C22H16F8N2O6. The Morgan fingerprint density at radius 2 is 0.868 bits per heavy atom. The van der Waals surface area contributed by atoms with Crippen LogP contribution in [0.5, 0.6) is 23.0 Å². The van der Waals surface area contributed by atoms with Crippen LogP contribution in [-0.2, 0) is 9.59 Å². The van der Waals surface area contributed by atoms with Crippen molar-refractivity contribution in [3.8, 4) is 23.0 Å². The molecule has 2 heterocycles. The Labute approximate surface area is 207 Å². The standard InChI is InChI=1S/C22H16F8N2O6/c23-19(24,17(33)31-11-1-3-13-15(9-11)37-7-5-35-13)21(27,28)22(29,30)20(25,26)18(34)32-12-2-4-14-16(10-12)38-8-6-36-14/h1-4,9-10H,5-8H2,(H,31,33)(H,32,34). The van der Waals surface area contributed by atoms with Crippen LogP contribution in [0.4, 0.5) is 46.5 Å². The second-order valence-electron chi connectivity index (χ2n) is 7.92. The van der Waals surface area contributed by atoms with Crippen LogP contribution in [0, 0.1) is 0 Å². The molecule has 0 fully saturated rings. The molecule has 0 bridgehead atoms. The van der Waals surface area contributed by atoms with E-state index in [4.69, 9.17) is 18.9 Å². The van der Waals surface area contributed by atoms with E-state index in [2.05, 4.69) is 0 Å². The zero-order chi connectivity index (χ0) is 27.9. The molecule has 0 aliphatic carbocycles. The second kappa shape index (κ2) is 9.40. The number of benzene rings is 2. The van der Waals surface area contributed by atoms with Gasteiger partial charge in [-0.25, -0.2) is 0 Å². The second-order valence-corrected chi connectivity index (χ2v) is 7.92. The van der Waals surface area contributed by atoms with Crippen LogP contribution in [0.25, 0.3) is 0 Å². The molecule has 2 N–H and O–H groups in total. The number of hydrogen-bond donors (Lipinski definition) is 2. The lowest BCUT2D eigenvalue weighted by atomic mass is 9.97. The Kier molecular flexibility index (Phi) is 6.69. The fraction of sp³-hybridized carbons (Fsp3) is 0.364. The minimum absolute atomic E-state index is 0.0221. The normalized spacial score (nSPS) is 15.5. The first kappa shape index (κ1) is 27.1. The number of anilines is 2. The van der Waals surface area contributed by atoms with E-state index in [1.54, 1.807) is 0 Å². The summed E-state index contributed by atoms with van der Waals surface area (Å²) in [6.07, 6.45) is 0. The van der Waals surface area contributed by atoms with Crippen molar-refractivity contribution in [3.63, 3.8) is 0 Å². The maximum absolute atomic E-state index is 14.3. The minimum Gasteiger partial charge on any atom is -0.486 e. The molecule has 38 heavy (non-hydrogen) atoms. The molecule has 0 unspecified atom stereocenters. The summed E-state index contributed by atoms with van der Waals surface area (Å²) < 4.78 is 135. The van der Waals surface area contributed by atoms with Gasteiger partial charge >= 0.3 is 35.5 Å². The van der Waals surface area contributed by atoms with Crippen molar-refractivity contribution in [1.82, 2.24) is 0 Å². The van der Waals surface area contributed by atoms with Crippen molar-refractivity contribution in [2.75, 3.05) is 37.1 Å². The first-order chi connectivity index (χ1) is 17.7. The van der Waals surface area contributed by atoms with E-state index in [0.29, 0.717) is 0 Å². The van der Waals surface area contributed by atoms with Crippen molar-refractivity contribution in [3.05, 3.63) is 36.4 Å². The van der Waals surface area contributed by atoms with Crippen LogP contribution >= 0.6 is 0 Å². The van der Waals surface area contributed by atoms with E-state index >= 15 is 0 Å². The van der Waals surface area contributed by atoms with Crippen LogP contribution in [0.15, 0.2) is 36.4 Å². The SMILES string of the molecule is O=C(Nc1ccc2c(c1)OCCO2)C(F)(F)C(F)(F)C(F)(F)C(F)(F)C(=O)Nc1ccc2c(c1)OCCO2. The van der Waals surface area contributed by atoms with Crippen molar-refractivity contribution in [1.29, 1.82) is 0 Å². The van der Waals surface area contributed by atoms with Gasteiger partial charge in [-0.1, -0.05) is 0 Å². The summed E-state index contributed by atoms with van der Waals surface area (Å²) >= 11 is 0. The van der Waals surface area contributed by atoms with Gasteiger partial charge in [0.05, 0.1) is 0 Å². The number of nitrogens with one attached hydrogen (secondary N) is 2. The zero-order valence-corrected chi connectivity index (χ0v) is 18.8. The highest BCUT2D eigenvalue weighted by Crippen LogP contribution is 2.53. The van der Waals surface area contributed by atoms with Gasteiger partial charge in [0.2, 0.25) is 0 Å². The third kappa shape index (κ3) is 4.47. The summed E-state index contributed by atoms with van der Waals surface area (Å²) in [5.74, 6) is -32.9. The van der Waals surface area contributed by atoms with Crippen LogP contribution in [0.1, 0.15) is 0 Å². The lowest BCUT2D eigenvalue weighted by Crippen LogP contribution is -2.67. The van der Waals surface area contributed by atoms with Crippen molar-refractivity contribution in [2.24, 2.45) is 0 Å². The Bertz CT molecular complexity index is 1160. The molecular weight excluding hydrogens is 540 g/mol. The van der Waals surface area contributed by atoms with Crippen LogP contribution in [0.3, 0.4) is 0 Å². The van der Waals surface area contributed by atoms with Crippen molar-refractivity contribution < 1.29 is 63.7 Å². The van der Waals surface area contributed by atoms with Gasteiger partial charge in [-0.05, 0) is 24.3 Å². The topological polar surface area (TPSA) is 95.1 Å². The molecule has 206 valence electrons. The summed E-state index contributed by atoms with van der Waals surface area (Å²) in [6.45, 7) is 0.311. The Hall–Kier alpha value is -3.98. The Morgan fingerprint density at radius 1 is 0.553 bits per heavy atom. The predicted octanol–water partition coefficient (Wildman–Crippen LogP) is 4.35. The Morgan fingerprint density at radius 3 is 1.21 bits per heavy atom. The predicted molar refractivity (Wildman–Crippen MR) is 112 cm³/mol. The highest BCUT2D eigenvalue weighted by Gasteiger charge is 2.84. The number of carbonyl (C=O) groups is 2. The van der Waals surface area contributed by atoms with E-state index in [1.165, 1.54) is 10.6 Å². The zero-order valence-electron chi connectivity index (χ0n) is 18.8. The number of hydrogen-bond acceptors (Lipinski definition) is 6. The fourth-order valence-corrected chi connectivity index (χ4v) is 3.34. The van der Waals surface area contributed by atoms with Gasteiger partial charge in [0.25, 0.3) is 0 Å². The molecule has 0 saturated heterocycles. The van der Waals surface area contributed by atoms with Gasteiger partial charge in [0.1, 0.15) is 26.4 Å². The van der Waals surface area contributed by atoms with E-state index < -0.39 is 46.9 Å². The number of ether oxygens (including phenoxy) is 4. The van der Waals surface area contributed by atoms with Gasteiger partial charge in [-0.3, -0.25) is 9.59 Å². The molecule has 2 aliphatic rings. The summed E-state index contributed by atoms with van der Waals surface area (Å²) in [6, 6.07) is 5.74. The smallest absolute Gasteiger partial charge is 0.393 e. The molecule has 0 radical (unpaired) electrons. The average Bonchev–Trinajstić information content (AvgIpc) is 2.88. The van der Waals surface area contributed by atoms with Crippen molar-refractivity contribution >= 4 is 23.2 Å². The lowest BCUT2D eigenvalue weighted by molar-refractivity contribution is -0.345. The number of rotatable bonds is 7. The maximum atomic E-state index is 14.3. The van der Waals surface area contributed by atoms with Gasteiger partial charge in [0, 0.05) is 23.5 Å². The molecule has 0 saturated carbocycles. The van der Waals surface area contributed by atoms with E-state index in [9.17, 15) is 44.7 Å². The first-order valence-electron chi connectivity index (χ1n) is 10.6. The van der Waals surface area contributed by atoms with Crippen LogP contribution in [0.2, 0.25) is 0 Å². The van der Waals surface area contributed by atoms with Gasteiger partial charge in [0.15, 0.2) is 23.0 Å². The summed E-state index contributed by atoms with van der Waals surface area (Å²) in [4.78, 5) is 23.8. The quantitative estimate of drug-likeness (QED) is 0.493. The van der Waals surface area contributed by atoms with Crippen LogP contribution in [-0.4, -0.2) is 61.9 Å². The highest BCUT2D eigenvalue weighted by atomic mass is 19.4. The average molecular weight is 556 g/mol. The fourth-order valence-electron chi connectivity index (χ4n) is 3.34. The molecule has 16 heteroatoms. The highest BCUT2D eigenvalue weighted by molar-refractivity contribution is 5.99. The van der Waals surface area contributed by atoms with Crippen molar-refractivity contribution in [2.45, 2.75) is 23.7 Å². The third-order valence-corrected chi connectivity index (χ3v) is 5.35. The Balaban J connectivity index is 1.53. The van der Waals surface area contributed by atoms with Gasteiger partial charge in [-0.2, -0.15) is 35.1 Å². The molecule has 2 aromatic rings. The summed E-state index contributed by atoms with van der Waals surface area (Å²) in [5, 5.41) is 2.50. The number of halogens is 8. The van der Waals surface area contributed by atoms with Gasteiger partial charge in [-0.15, -0.1) is 0 Å². The largest absolute Gasteiger partial charge is 0.486 e. The molecule has 2 aliphatic heterocycles. The summed E-state index contributed by atoms with van der Waals surface area (Å²) in [7, 11) is 0. The van der Waals surface area contributed by atoms with Gasteiger partial charge < -0.3 is 29.6 Å². The monoisotopic (exact) mass is 556 g/mol. The number of carbonyl (C=O) groups excluding carboxylic acids is 2. The lowest BCUT2D eigenvalue weighted by Gasteiger charge is -2.35. The van der Waals surface area contributed by atoms with Crippen LogP contribution < -0.4 is 29.6 Å². The van der Waals surface area contributed by atoms with E-state index in [-0.39, 0.29) is 49.4 Å². The molecule has 8 nitrogen and oxygen atoms in total. The molecule has 4 rings (SSSR count). The molecule has 0 aromatic heterocycles. The molecule has 2 aromatic carbocycles. The third-order valence-electron chi connectivity index (χ3n) is 5.35.